The van der Waals surface area contributed by atoms with Gasteiger partial charge < -0.3 is 20.2 Å². The number of quaternary nitrogens is 1. The molecule has 13 heavy (non-hydrogen) atoms. The van der Waals surface area contributed by atoms with Crippen LogP contribution in [-0.2, 0) is 4.79 Å². The fourth-order valence-corrected chi connectivity index (χ4v) is 2.47. The molecule has 2 fully saturated rings. The highest BCUT2D eigenvalue weighted by molar-refractivity contribution is 6.57. The lowest BCUT2D eigenvalue weighted by atomic mass is 9.60. The summed E-state index contributed by atoms with van der Waals surface area (Å²) in [4.78, 5) is 13.2. The van der Waals surface area contributed by atoms with Crippen LogP contribution in [0.2, 0.25) is 0 Å². The summed E-state index contributed by atoms with van der Waals surface area (Å²) in [6.45, 7) is -0.0626. The van der Waals surface area contributed by atoms with Gasteiger partial charge in [-0.15, -0.1) is 0 Å². The summed E-state index contributed by atoms with van der Waals surface area (Å²) in [5.41, 5.74) is 0. The van der Waals surface area contributed by atoms with Crippen molar-refractivity contribution in [3.05, 3.63) is 0 Å². The van der Waals surface area contributed by atoms with E-state index in [-0.39, 0.29) is 17.9 Å². The highest BCUT2D eigenvalue weighted by Crippen LogP contribution is 2.22. The van der Waals surface area contributed by atoms with Gasteiger partial charge in [0.25, 0.3) is 5.91 Å². The predicted molar refractivity (Wildman–Crippen MR) is 46.3 cm³/mol. The van der Waals surface area contributed by atoms with Crippen molar-refractivity contribution in [1.29, 1.82) is 0 Å². The van der Waals surface area contributed by atoms with Gasteiger partial charge >= 0.3 is 6.69 Å². The summed E-state index contributed by atoms with van der Waals surface area (Å²) in [5, 5.41) is 20.8. The van der Waals surface area contributed by atoms with E-state index in [1.807, 2.05) is 0 Å². The Bertz CT molecular complexity index is 246. The predicted octanol–water partition coefficient (Wildman–Crippen LogP) is -2.59. The van der Waals surface area contributed by atoms with Gasteiger partial charge in [0.15, 0.2) is 0 Å². The maximum Gasteiger partial charge on any atom is 0.487 e. The molecule has 74 valence electrons. The summed E-state index contributed by atoms with van der Waals surface area (Å²) >= 11 is 0. The van der Waals surface area contributed by atoms with Gasteiger partial charge in [-0.05, 0) is 13.3 Å². The first-order chi connectivity index (χ1) is 6.02. The molecule has 2 rings (SSSR count). The van der Waals surface area contributed by atoms with Crippen molar-refractivity contribution in [3.8, 4) is 0 Å². The average Bonchev–Trinajstić information content (AvgIpc) is 2.48. The molecule has 2 aliphatic rings. The molecule has 0 bridgehead atoms. The van der Waals surface area contributed by atoms with Crippen molar-refractivity contribution in [2.24, 2.45) is 0 Å². The Morgan fingerprint density at radius 1 is 1.62 bits per heavy atom. The van der Waals surface area contributed by atoms with Crippen LogP contribution in [0, 0.1) is 0 Å². The van der Waals surface area contributed by atoms with Gasteiger partial charge in [0.1, 0.15) is 6.04 Å². The van der Waals surface area contributed by atoms with Gasteiger partial charge in [-0.1, -0.05) is 6.42 Å². The van der Waals surface area contributed by atoms with Crippen LogP contribution >= 0.6 is 0 Å². The van der Waals surface area contributed by atoms with Gasteiger partial charge in [0, 0.05) is 12.5 Å². The average molecular weight is 186 g/mol. The Morgan fingerprint density at radius 2 is 2.31 bits per heavy atom. The molecule has 0 unspecified atom stereocenters. The summed E-state index contributed by atoms with van der Waals surface area (Å²) in [6.07, 6.45) is 1.59. The maximum absolute atomic E-state index is 11.6. The van der Waals surface area contributed by atoms with Gasteiger partial charge in [0.2, 0.25) is 0 Å². The zero-order valence-electron chi connectivity index (χ0n) is 7.68. The molecule has 2 aliphatic heterocycles. The highest BCUT2D eigenvalue weighted by atomic mass is 16.4. The molecule has 0 aromatic carbocycles. The Hall–Kier alpha value is -0.585. The summed E-state index contributed by atoms with van der Waals surface area (Å²) < 4.78 is 0. The van der Waals surface area contributed by atoms with E-state index in [1.165, 1.54) is 5.23 Å². The van der Waals surface area contributed by atoms with Gasteiger partial charge in [0.05, 0.1) is 0 Å². The van der Waals surface area contributed by atoms with Gasteiger partial charge in [-0.25, -0.2) is 0 Å². The summed E-state index contributed by atoms with van der Waals surface area (Å²) in [7, 11) is 0. The first kappa shape index (κ1) is 8.99. The lowest BCUT2D eigenvalue weighted by Crippen LogP contribution is -3.11. The number of carbonyl (C=O) groups excluding carboxylic acids is 1. The normalized spacial score (nSPS) is 37.8. The number of hydrogen-bond acceptors (Lipinski definition) is 3. The second-order valence-corrected chi connectivity index (χ2v) is 4.13. The molecule has 2 atom stereocenters. The smallest absolute Gasteiger partial charge is 0.487 e. The SMILES string of the molecule is C[C@@H]1[NH2+][B-](O)(O)[C@@H]2CCCN2C1=O. The number of hydrogen-bond donors (Lipinski definition) is 3. The van der Waals surface area contributed by atoms with Crippen LogP contribution in [0.3, 0.4) is 0 Å². The van der Waals surface area contributed by atoms with Crippen LogP contribution in [0.1, 0.15) is 19.8 Å². The van der Waals surface area contributed by atoms with Crippen LogP contribution < -0.4 is 5.23 Å². The highest BCUT2D eigenvalue weighted by Gasteiger charge is 2.51. The minimum absolute atomic E-state index is 0.0306. The number of fused-ring (bicyclic) bond motifs is 1. The molecule has 0 spiro atoms. The lowest BCUT2D eigenvalue weighted by Gasteiger charge is -2.43. The molecule has 0 radical (unpaired) electrons. The van der Waals surface area contributed by atoms with E-state index in [4.69, 9.17) is 0 Å². The second kappa shape index (κ2) is 2.70. The van der Waals surface area contributed by atoms with Crippen LogP contribution in [0.4, 0.5) is 0 Å². The quantitative estimate of drug-likeness (QED) is 0.363. The fourth-order valence-electron chi connectivity index (χ4n) is 2.47. The third kappa shape index (κ3) is 1.25. The second-order valence-electron chi connectivity index (χ2n) is 4.13. The zero-order chi connectivity index (χ0) is 9.64. The Kier molecular flexibility index (Phi) is 1.87. The number of nitrogens with two attached hydrogens (primary N) is 1. The first-order valence-electron chi connectivity index (χ1n) is 4.79. The molecule has 0 aromatic rings. The molecule has 2 heterocycles. The zero-order valence-corrected chi connectivity index (χ0v) is 7.68. The molecule has 6 heteroatoms. The monoisotopic (exact) mass is 186 g/mol. The van der Waals surface area contributed by atoms with Crippen molar-refractivity contribution >= 4 is 12.6 Å². The third-order valence-corrected chi connectivity index (χ3v) is 3.11. The van der Waals surface area contributed by atoms with Gasteiger partial charge in [-0.2, -0.15) is 0 Å². The van der Waals surface area contributed by atoms with Crippen LogP contribution in [0.5, 0.6) is 0 Å². The Balaban J connectivity index is 2.26. The largest absolute Gasteiger partial charge is 0.527 e. The van der Waals surface area contributed by atoms with E-state index in [0.717, 1.165) is 6.42 Å². The molecule has 4 N–H and O–H groups in total. The Morgan fingerprint density at radius 3 is 3.00 bits per heavy atom. The molecule has 0 saturated carbocycles. The van der Waals surface area contributed by atoms with Crippen molar-refractivity contribution in [2.75, 3.05) is 6.54 Å². The number of nitrogens with zero attached hydrogens (tertiary/aromatic N) is 1. The van der Waals surface area contributed by atoms with Crippen LogP contribution in [0.15, 0.2) is 0 Å². The summed E-state index contributed by atoms with van der Waals surface area (Å²) in [6, 6.07) is -0.357. The van der Waals surface area contributed by atoms with Gasteiger partial charge in [-0.3, -0.25) is 4.79 Å². The third-order valence-electron chi connectivity index (χ3n) is 3.11. The molecule has 2 saturated heterocycles. The van der Waals surface area contributed by atoms with E-state index >= 15 is 0 Å². The fraction of sp³-hybridized carbons (Fsp3) is 0.857. The van der Waals surface area contributed by atoms with Crippen LogP contribution in [-0.4, -0.2) is 46.1 Å². The molecule has 5 nitrogen and oxygen atoms in total. The minimum atomic E-state index is -2.44. The molecule has 0 aromatic heterocycles. The Labute approximate surface area is 76.7 Å². The van der Waals surface area contributed by atoms with E-state index < -0.39 is 6.69 Å². The number of rotatable bonds is 0. The number of carbonyl (C=O) groups is 1. The van der Waals surface area contributed by atoms with Crippen molar-refractivity contribution in [2.45, 2.75) is 31.7 Å². The van der Waals surface area contributed by atoms with E-state index in [2.05, 4.69) is 0 Å². The summed E-state index contributed by atoms with van der Waals surface area (Å²) in [5.74, 6) is -0.327. The van der Waals surface area contributed by atoms with E-state index in [0.29, 0.717) is 13.0 Å². The van der Waals surface area contributed by atoms with Crippen LogP contribution in [0.25, 0.3) is 0 Å². The molecule has 1 amide bonds. The number of amides is 1. The maximum atomic E-state index is 11.6. The molecular formula is C7H15BN2O3. The van der Waals surface area contributed by atoms with Crippen molar-refractivity contribution < 1.29 is 20.1 Å². The molecular weight excluding hydrogens is 171 g/mol. The minimum Gasteiger partial charge on any atom is -0.527 e. The standard InChI is InChI=1S/C7H15BN2O3/c1-5-7(11)10-4-2-3-6(10)8(12,13)9-5/h5-6,12-13H,2-4,9H2,1H3/t5-,6-/m0/s1. The topological polar surface area (TPSA) is 77.4 Å². The first-order valence-corrected chi connectivity index (χ1v) is 4.79. The lowest BCUT2D eigenvalue weighted by molar-refractivity contribution is -0.590. The van der Waals surface area contributed by atoms with E-state index in [1.54, 1.807) is 11.8 Å². The molecule has 0 aliphatic carbocycles. The van der Waals surface area contributed by atoms with Crippen molar-refractivity contribution in [3.63, 3.8) is 0 Å². The van der Waals surface area contributed by atoms with Crippen molar-refractivity contribution in [1.82, 2.24) is 4.90 Å². The van der Waals surface area contributed by atoms with E-state index in [9.17, 15) is 14.8 Å².